The number of nitrogens with two attached hydrogens (primary N) is 2. The van der Waals surface area contributed by atoms with Crippen molar-refractivity contribution in [3.63, 3.8) is 0 Å². The average Bonchev–Trinajstić information content (AvgIpc) is 2.37. The quantitative estimate of drug-likeness (QED) is 0.571. The van der Waals surface area contributed by atoms with E-state index < -0.39 is 28.0 Å². The van der Waals surface area contributed by atoms with Crippen LogP contribution in [0.15, 0.2) is 30.3 Å². The molecule has 0 aliphatic rings. The molecule has 1 aromatic carbocycles. The molecule has 1 unspecified atom stereocenters. The number of carbonyl (C=O) groups is 1. The lowest BCUT2D eigenvalue weighted by molar-refractivity contribution is -0.120. The van der Waals surface area contributed by atoms with Crippen molar-refractivity contribution in [2.24, 2.45) is 11.5 Å². The average molecular weight is 314 g/mol. The monoisotopic (exact) mass is 314 g/mol. The summed E-state index contributed by atoms with van der Waals surface area (Å²) in [6, 6.07) is 8.27. The van der Waals surface area contributed by atoms with Crippen LogP contribution < -0.4 is 11.5 Å². The van der Waals surface area contributed by atoms with Gasteiger partial charge in [0.05, 0.1) is 11.8 Å². The first-order chi connectivity index (χ1) is 9.78. The number of carbonyl (C=O) groups excluding carboxylic acids is 1. The standard InChI is InChI=1S/C14H22N2O4S/c15-12(10-21(18,19)20)7-4-8-14(17)13(16)9-11-5-2-1-3-6-11/h1-3,5-6,12-13H,4,7-10,15-16H2,(H,18,19,20)/t12?,13-/m1/s1. The molecule has 1 rings (SSSR count). The van der Waals surface area contributed by atoms with Crippen molar-refractivity contribution in [3.05, 3.63) is 35.9 Å². The third-order valence-corrected chi connectivity index (χ3v) is 3.98. The van der Waals surface area contributed by atoms with E-state index in [0.29, 0.717) is 19.3 Å². The summed E-state index contributed by atoms with van der Waals surface area (Å²) in [7, 11) is -4.07. The molecule has 6 nitrogen and oxygen atoms in total. The van der Waals surface area contributed by atoms with Gasteiger partial charge in [0.1, 0.15) is 5.78 Å². The predicted molar refractivity (Wildman–Crippen MR) is 81.4 cm³/mol. The first-order valence-corrected chi connectivity index (χ1v) is 8.42. The van der Waals surface area contributed by atoms with E-state index in [1.165, 1.54) is 0 Å². The number of rotatable bonds is 9. The van der Waals surface area contributed by atoms with Gasteiger partial charge in [-0.1, -0.05) is 30.3 Å². The highest BCUT2D eigenvalue weighted by Crippen LogP contribution is 2.07. The summed E-state index contributed by atoms with van der Waals surface area (Å²) in [5.41, 5.74) is 12.4. The molecule has 5 N–H and O–H groups in total. The van der Waals surface area contributed by atoms with Crippen molar-refractivity contribution in [1.82, 2.24) is 0 Å². The van der Waals surface area contributed by atoms with Gasteiger partial charge in [-0.25, -0.2) is 0 Å². The van der Waals surface area contributed by atoms with Gasteiger partial charge in [-0.2, -0.15) is 8.42 Å². The first kappa shape index (κ1) is 17.8. The Labute approximate surface area is 125 Å². The number of benzene rings is 1. The van der Waals surface area contributed by atoms with Crippen molar-refractivity contribution in [2.75, 3.05) is 5.75 Å². The normalized spacial score (nSPS) is 14.6. The summed E-state index contributed by atoms with van der Waals surface area (Å²) in [6.07, 6.45) is 1.55. The largest absolute Gasteiger partial charge is 0.327 e. The summed E-state index contributed by atoms with van der Waals surface area (Å²) in [5.74, 6) is -0.560. The summed E-state index contributed by atoms with van der Waals surface area (Å²) >= 11 is 0. The molecule has 0 aromatic heterocycles. The fraction of sp³-hybridized carbons (Fsp3) is 0.500. The number of Topliss-reactive ketones (excluding diaryl/α,β-unsaturated/α-hetero) is 1. The number of ketones is 1. The Hall–Kier alpha value is -1.28. The van der Waals surface area contributed by atoms with E-state index in [9.17, 15) is 13.2 Å². The van der Waals surface area contributed by atoms with Crippen LogP contribution in [-0.2, 0) is 21.3 Å². The van der Waals surface area contributed by atoms with Crippen molar-refractivity contribution >= 4 is 15.9 Å². The Bertz CT molecular complexity index is 545. The number of hydrogen-bond acceptors (Lipinski definition) is 5. The molecule has 0 aliphatic carbocycles. The van der Waals surface area contributed by atoms with Gasteiger partial charge in [-0.3, -0.25) is 9.35 Å². The van der Waals surface area contributed by atoms with E-state index in [4.69, 9.17) is 16.0 Å². The zero-order valence-corrected chi connectivity index (χ0v) is 12.6. The van der Waals surface area contributed by atoms with Crippen LogP contribution in [0.25, 0.3) is 0 Å². The minimum absolute atomic E-state index is 0.0714. The first-order valence-electron chi connectivity index (χ1n) is 6.81. The van der Waals surface area contributed by atoms with Crippen molar-refractivity contribution in [3.8, 4) is 0 Å². The maximum atomic E-state index is 11.9. The highest BCUT2D eigenvalue weighted by atomic mass is 32.2. The van der Waals surface area contributed by atoms with Gasteiger partial charge in [-0.05, 0) is 24.8 Å². The Morgan fingerprint density at radius 2 is 1.81 bits per heavy atom. The van der Waals surface area contributed by atoms with Gasteiger partial charge in [-0.15, -0.1) is 0 Å². The van der Waals surface area contributed by atoms with E-state index in [2.05, 4.69) is 0 Å². The Balaban J connectivity index is 2.30. The summed E-state index contributed by atoms with van der Waals surface area (Å²) in [4.78, 5) is 11.9. The summed E-state index contributed by atoms with van der Waals surface area (Å²) < 4.78 is 29.9. The second kappa shape index (κ2) is 8.23. The molecule has 0 spiro atoms. The van der Waals surface area contributed by atoms with E-state index >= 15 is 0 Å². The van der Waals surface area contributed by atoms with Gasteiger partial charge in [0.25, 0.3) is 10.1 Å². The van der Waals surface area contributed by atoms with Gasteiger partial charge in [0.2, 0.25) is 0 Å². The highest BCUT2D eigenvalue weighted by Gasteiger charge is 2.16. The molecule has 118 valence electrons. The lowest BCUT2D eigenvalue weighted by atomic mass is 9.99. The smallest absolute Gasteiger partial charge is 0.266 e. The van der Waals surface area contributed by atoms with E-state index in [-0.39, 0.29) is 12.2 Å². The molecular formula is C14H22N2O4S. The molecule has 7 heteroatoms. The van der Waals surface area contributed by atoms with Gasteiger partial charge in [0.15, 0.2) is 0 Å². The van der Waals surface area contributed by atoms with Crippen LogP contribution in [0.2, 0.25) is 0 Å². The van der Waals surface area contributed by atoms with Crippen LogP contribution in [0.3, 0.4) is 0 Å². The molecule has 2 atom stereocenters. The lowest BCUT2D eigenvalue weighted by Crippen LogP contribution is -2.33. The zero-order chi connectivity index (χ0) is 15.9. The highest BCUT2D eigenvalue weighted by molar-refractivity contribution is 7.85. The predicted octanol–water partition coefficient (Wildman–Crippen LogP) is 0.511. The third-order valence-electron chi connectivity index (χ3n) is 3.13. The second-order valence-corrected chi connectivity index (χ2v) is 6.66. The van der Waals surface area contributed by atoms with Crippen LogP contribution in [0.5, 0.6) is 0 Å². The fourth-order valence-corrected chi connectivity index (χ4v) is 2.77. The molecule has 0 fully saturated rings. The number of hydrogen-bond donors (Lipinski definition) is 3. The van der Waals surface area contributed by atoms with Crippen LogP contribution in [0.4, 0.5) is 0 Å². The maximum Gasteiger partial charge on any atom is 0.266 e. The minimum atomic E-state index is -4.07. The van der Waals surface area contributed by atoms with Gasteiger partial charge in [0, 0.05) is 12.5 Å². The van der Waals surface area contributed by atoms with Crippen LogP contribution in [0.1, 0.15) is 24.8 Å². The van der Waals surface area contributed by atoms with E-state index in [0.717, 1.165) is 5.56 Å². The SMILES string of the molecule is NC(CCCC(=O)[C@H](N)Cc1ccccc1)CS(=O)(=O)O. The minimum Gasteiger partial charge on any atom is -0.327 e. The Morgan fingerprint density at radius 1 is 1.19 bits per heavy atom. The van der Waals surface area contributed by atoms with Crippen molar-refractivity contribution in [1.29, 1.82) is 0 Å². The molecule has 1 aromatic rings. The summed E-state index contributed by atoms with van der Waals surface area (Å²) in [5, 5.41) is 0. The van der Waals surface area contributed by atoms with Crippen molar-refractivity contribution in [2.45, 2.75) is 37.8 Å². The molecule has 0 heterocycles. The molecular weight excluding hydrogens is 292 g/mol. The van der Waals surface area contributed by atoms with E-state index in [1.54, 1.807) is 0 Å². The fourth-order valence-electron chi connectivity index (χ4n) is 2.06. The topological polar surface area (TPSA) is 123 Å². The molecule has 0 saturated carbocycles. The molecule has 0 aliphatic heterocycles. The molecule has 0 amide bonds. The van der Waals surface area contributed by atoms with E-state index in [1.807, 2.05) is 30.3 Å². The maximum absolute atomic E-state index is 11.9. The third kappa shape index (κ3) is 7.91. The van der Waals surface area contributed by atoms with Crippen LogP contribution in [0, 0.1) is 0 Å². The Kier molecular flexibility index (Phi) is 6.97. The molecule has 0 radical (unpaired) electrons. The van der Waals surface area contributed by atoms with Crippen LogP contribution in [-0.4, -0.2) is 36.6 Å². The van der Waals surface area contributed by atoms with Gasteiger partial charge < -0.3 is 11.5 Å². The second-order valence-electron chi connectivity index (χ2n) is 5.16. The lowest BCUT2D eigenvalue weighted by Gasteiger charge is -2.12. The van der Waals surface area contributed by atoms with Crippen molar-refractivity contribution < 1.29 is 17.8 Å². The zero-order valence-electron chi connectivity index (χ0n) is 11.8. The van der Waals surface area contributed by atoms with Gasteiger partial charge >= 0.3 is 0 Å². The molecule has 21 heavy (non-hydrogen) atoms. The Morgan fingerprint density at radius 3 is 2.38 bits per heavy atom. The molecule has 0 saturated heterocycles. The summed E-state index contributed by atoms with van der Waals surface area (Å²) in [6.45, 7) is 0. The van der Waals surface area contributed by atoms with Crippen LogP contribution >= 0.6 is 0 Å². The molecule has 0 bridgehead atoms.